The minimum Gasteiger partial charge on any atom is -0.299 e. The van der Waals surface area contributed by atoms with Crippen molar-refractivity contribution >= 4 is 10.8 Å². The molecule has 1 unspecified atom stereocenters. The van der Waals surface area contributed by atoms with Gasteiger partial charge >= 0.3 is 20.1 Å². The molecule has 1 saturated carbocycles. The third-order valence-electron chi connectivity index (χ3n) is 10.6. The van der Waals surface area contributed by atoms with Crippen molar-refractivity contribution in [2.24, 2.45) is 0 Å². The van der Waals surface area contributed by atoms with E-state index in [9.17, 15) is 0 Å². The maximum absolute atomic E-state index is 5.58. The van der Waals surface area contributed by atoms with Gasteiger partial charge in [0.25, 0.3) is 0 Å². The van der Waals surface area contributed by atoms with Crippen molar-refractivity contribution in [1.29, 1.82) is 0 Å². The fourth-order valence-corrected chi connectivity index (χ4v) is 7.70. The zero-order valence-electron chi connectivity index (χ0n) is 28.4. The molecule has 4 heteroatoms. The largest absolute Gasteiger partial charge is 3.00 e. The molecule has 4 aromatic carbocycles. The van der Waals surface area contributed by atoms with Crippen LogP contribution in [0.5, 0.6) is 0 Å². The molecule has 0 bridgehead atoms. The molecular weight excluding hydrogens is 787 g/mol. The van der Waals surface area contributed by atoms with Gasteiger partial charge in [0.1, 0.15) is 0 Å². The summed E-state index contributed by atoms with van der Waals surface area (Å²) in [4.78, 5) is 15.3. The first kappa shape index (κ1) is 33.7. The van der Waals surface area contributed by atoms with Crippen LogP contribution in [-0.4, -0.2) is 15.0 Å². The molecule has 8 rings (SSSR count). The Kier molecular flexibility index (Phi) is 9.60. The first-order chi connectivity index (χ1) is 24.0. The van der Waals surface area contributed by atoms with E-state index < -0.39 is 10.8 Å². The first-order valence-corrected chi connectivity index (χ1v) is 17.3. The molecule has 3 aromatic heterocycles. The van der Waals surface area contributed by atoms with Crippen molar-refractivity contribution in [2.75, 3.05) is 0 Å². The van der Waals surface area contributed by atoms with E-state index in [1.807, 2.05) is 54.9 Å². The zero-order chi connectivity index (χ0) is 33.3. The molecule has 1 aliphatic rings. The minimum absolute atomic E-state index is 0. The number of hydrogen-bond acceptors (Lipinski definition) is 3. The average Bonchev–Trinajstić information content (AvgIpc) is 3.73. The Labute approximate surface area is 309 Å². The maximum atomic E-state index is 5.58. The van der Waals surface area contributed by atoms with Gasteiger partial charge in [0, 0.05) is 23.5 Å². The van der Waals surface area contributed by atoms with Crippen molar-refractivity contribution in [2.45, 2.75) is 56.3 Å². The van der Waals surface area contributed by atoms with Gasteiger partial charge in [-0.25, -0.2) is 0 Å². The summed E-state index contributed by atoms with van der Waals surface area (Å²) >= 11 is 0. The van der Waals surface area contributed by atoms with Crippen LogP contribution in [0.15, 0.2) is 140 Å². The Hall–Kier alpha value is -4.76. The molecule has 0 radical (unpaired) electrons. The van der Waals surface area contributed by atoms with Crippen LogP contribution in [0.3, 0.4) is 0 Å². The summed E-state index contributed by atoms with van der Waals surface area (Å²) in [7, 11) is 0. The normalized spacial score (nSPS) is 15.6. The molecule has 0 saturated heterocycles. The molecule has 0 amide bonds. The van der Waals surface area contributed by atoms with E-state index in [0.717, 1.165) is 50.4 Å². The van der Waals surface area contributed by atoms with Gasteiger partial charge in [0.05, 0.1) is 16.8 Å². The van der Waals surface area contributed by atoms with Crippen LogP contribution in [0.1, 0.15) is 84.8 Å². The van der Waals surface area contributed by atoms with Crippen molar-refractivity contribution in [3.05, 3.63) is 197 Å². The monoisotopic (exact) mass is 825 g/mol. The summed E-state index contributed by atoms with van der Waals surface area (Å²) in [5, 5.41) is 2.30. The van der Waals surface area contributed by atoms with Gasteiger partial charge in [-0.2, -0.15) is 60.7 Å². The van der Waals surface area contributed by atoms with E-state index in [0.29, 0.717) is 5.92 Å². The summed E-state index contributed by atoms with van der Waals surface area (Å²) in [5.74, 6) is 0.602. The second kappa shape index (κ2) is 14.2. The molecule has 0 spiro atoms. The third kappa shape index (κ3) is 6.02. The van der Waals surface area contributed by atoms with Gasteiger partial charge in [0.15, 0.2) is 0 Å². The maximum Gasteiger partial charge on any atom is 3.00 e. The molecule has 7 aromatic rings. The van der Waals surface area contributed by atoms with Gasteiger partial charge in [0.2, 0.25) is 0 Å². The van der Waals surface area contributed by atoms with Gasteiger partial charge in [-0.3, -0.25) is 15.0 Å². The summed E-state index contributed by atoms with van der Waals surface area (Å²) in [5.41, 5.74) is 7.93. The third-order valence-corrected chi connectivity index (χ3v) is 10.6. The summed E-state index contributed by atoms with van der Waals surface area (Å²) in [6, 6.07) is 55.2. The molecule has 246 valence electrons. The van der Waals surface area contributed by atoms with Crippen molar-refractivity contribution in [1.82, 2.24) is 15.0 Å². The SMILES string of the molecule is CC(c1[c-]cccc1)(c1[c-]c(-c2nc([C@](C)(c3[c-]cccc3)c3ccccn3)cc3cc(C4CCCC4)ccc23)ccc1)c1ccccn1.[Ir+3]. The van der Waals surface area contributed by atoms with Crippen LogP contribution < -0.4 is 0 Å². The smallest absolute Gasteiger partial charge is 0.299 e. The number of nitrogens with zero attached hydrogens (tertiary/aromatic N) is 3. The summed E-state index contributed by atoms with van der Waals surface area (Å²) in [6.45, 7) is 4.44. The van der Waals surface area contributed by atoms with Crippen molar-refractivity contribution in [3.63, 3.8) is 0 Å². The van der Waals surface area contributed by atoms with Gasteiger partial charge in [-0.15, -0.1) is 46.5 Å². The fourth-order valence-electron chi connectivity index (χ4n) is 7.70. The van der Waals surface area contributed by atoms with E-state index >= 15 is 0 Å². The van der Waals surface area contributed by atoms with Crippen molar-refractivity contribution < 1.29 is 20.1 Å². The molecule has 50 heavy (non-hydrogen) atoms. The molecule has 0 aliphatic heterocycles. The molecular formula is C46H38IrN3. The van der Waals surface area contributed by atoms with Crippen LogP contribution in [0.2, 0.25) is 0 Å². The van der Waals surface area contributed by atoms with E-state index in [1.54, 1.807) is 0 Å². The predicted molar refractivity (Wildman–Crippen MR) is 197 cm³/mol. The number of aromatic nitrogens is 3. The molecule has 2 atom stereocenters. The molecule has 1 fully saturated rings. The first-order valence-electron chi connectivity index (χ1n) is 17.3. The second-order valence-corrected chi connectivity index (χ2v) is 13.5. The van der Waals surface area contributed by atoms with E-state index in [1.165, 1.54) is 36.6 Å². The van der Waals surface area contributed by atoms with Gasteiger partial charge in [-0.05, 0) is 85.0 Å². The number of rotatable bonds is 8. The molecule has 1 aliphatic carbocycles. The van der Waals surface area contributed by atoms with Gasteiger partial charge in [-0.1, -0.05) is 43.2 Å². The molecule has 3 nitrogen and oxygen atoms in total. The Bertz CT molecular complexity index is 2120. The Morgan fingerprint density at radius 1 is 0.600 bits per heavy atom. The van der Waals surface area contributed by atoms with Crippen molar-refractivity contribution in [3.8, 4) is 11.3 Å². The fraction of sp³-hybridized carbons (Fsp3) is 0.196. The van der Waals surface area contributed by atoms with Crippen LogP contribution in [0, 0.1) is 18.2 Å². The summed E-state index contributed by atoms with van der Waals surface area (Å²) in [6.07, 6.45) is 8.82. The summed E-state index contributed by atoms with van der Waals surface area (Å²) < 4.78 is 0. The van der Waals surface area contributed by atoms with Crippen LogP contribution in [0.4, 0.5) is 0 Å². The number of pyridine rings is 3. The standard InChI is InChI=1S/C46H38N3.Ir/c1-45(37-19-5-3-6-20-37,41-24-11-13-28-47-41)39-23-15-18-35(31-39)44-40-27-26-34(33-16-9-10-17-33)30-36(40)32-43(49-44)46(2,38-21-7-4-8-22-38)42-25-12-14-29-48-42;/h3-8,11-15,18-19,21,23-30,32-33H,9-10,16-17H2,1-2H3;/q-3;+3/t45?,46-;/m1./s1. The Balaban J connectivity index is 0.00000392. The number of benzene rings is 4. The molecule has 3 heterocycles. The van der Waals surface area contributed by atoms with E-state index in [4.69, 9.17) is 15.0 Å². The Morgan fingerprint density at radius 3 is 1.84 bits per heavy atom. The van der Waals surface area contributed by atoms with Crippen LogP contribution >= 0.6 is 0 Å². The van der Waals surface area contributed by atoms with Crippen LogP contribution in [0.25, 0.3) is 22.0 Å². The minimum atomic E-state index is -0.645. The number of fused-ring (bicyclic) bond motifs is 1. The average molecular weight is 825 g/mol. The predicted octanol–water partition coefficient (Wildman–Crippen LogP) is 10.5. The second-order valence-electron chi connectivity index (χ2n) is 13.5. The van der Waals surface area contributed by atoms with Gasteiger partial charge < -0.3 is 0 Å². The topological polar surface area (TPSA) is 38.7 Å². The number of hydrogen-bond donors (Lipinski definition) is 0. The Morgan fingerprint density at radius 2 is 1.22 bits per heavy atom. The van der Waals surface area contributed by atoms with E-state index in [-0.39, 0.29) is 20.1 Å². The quantitative estimate of drug-likeness (QED) is 0.143. The van der Waals surface area contributed by atoms with E-state index in [2.05, 4.69) is 117 Å². The van der Waals surface area contributed by atoms with Crippen LogP contribution in [-0.2, 0) is 30.9 Å². The zero-order valence-corrected chi connectivity index (χ0v) is 30.8. The molecule has 0 N–H and O–H groups in total.